The minimum absolute atomic E-state index is 0.483. The van der Waals surface area contributed by atoms with Gasteiger partial charge in [0.05, 0.1) is 23.8 Å². The second kappa shape index (κ2) is 10.1. The van der Waals surface area contributed by atoms with Crippen LogP contribution in [0.1, 0.15) is 20.8 Å². The molecule has 8 nitrogen and oxygen atoms in total. The molecule has 0 spiro atoms. The Bertz CT molecular complexity index is 1110. The van der Waals surface area contributed by atoms with Crippen molar-refractivity contribution in [3.05, 3.63) is 61.2 Å². The Labute approximate surface area is 188 Å². The monoisotopic (exact) mass is 454 g/mol. The first-order valence-electron chi connectivity index (χ1n) is 9.30. The molecule has 0 atom stereocenters. The van der Waals surface area contributed by atoms with Gasteiger partial charge in [-0.05, 0) is 45.0 Å². The molecule has 3 N–H and O–H groups in total. The van der Waals surface area contributed by atoms with E-state index in [1.165, 1.54) is 22.7 Å². The summed E-state index contributed by atoms with van der Waals surface area (Å²) in [5.41, 5.74) is 6.69. The highest BCUT2D eigenvalue weighted by Crippen LogP contribution is 2.27. The van der Waals surface area contributed by atoms with Gasteiger partial charge in [-0.2, -0.15) is 0 Å². The Morgan fingerprint density at radius 3 is 1.97 bits per heavy atom. The summed E-state index contributed by atoms with van der Waals surface area (Å²) in [6, 6.07) is 11.3. The largest absolute Gasteiger partial charge is 0.444 e. The number of nitrogen functional groups attached to an aromatic ring is 1. The fraction of sp³-hybridized carbons (Fsp3) is 0.190. The normalized spacial score (nSPS) is 10.7. The predicted octanol–water partition coefficient (Wildman–Crippen LogP) is 5.34. The van der Waals surface area contributed by atoms with Crippen LogP contribution in [0.25, 0.3) is 21.4 Å². The zero-order valence-corrected chi connectivity index (χ0v) is 18.9. The Kier molecular flexibility index (Phi) is 7.27. The third-order valence-corrected chi connectivity index (χ3v) is 5.21. The van der Waals surface area contributed by atoms with E-state index >= 15 is 0 Å². The number of hydrogen-bond acceptors (Lipinski definition) is 9. The van der Waals surface area contributed by atoms with Gasteiger partial charge in [0.2, 0.25) is 0 Å². The minimum atomic E-state index is -0.515. The number of anilines is 2. The van der Waals surface area contributed by atoms with E-state index < -0.39 is 11.7 Å². The summed E-state index contributed by atoms with van der Waals surface area (Å²) in [6.07, 6.45) is 6.21. The summed E-state index contributed by atoms with van der Waals surface area (Å²) in [7, 11) is 0. The molecule has 1 amide bonds. The van der Waals surface area contributed by atoms with Crippen LogP contribution in [0.15, 0.2) is 61.2 Å². The number of nitrogens with one attached hydrogen (secondary N) is 1. The Hall–Kier alpha value is -3.37. The van der Waals surface area contributed by atoms with E-state index in [1.54, 1.807) is 24.8 Å². The lowest BCUT2D eigenvalue weighted by Gasteiger charge is -2.19. The van der Waals surface area contributed by atoms with Gasteiger partial charge in [-0.25, -0.2) is 14.8 Å². The van der Waals surface area contributed by atoms with Gasteiger partial charge in [0, 0.05) is 12.4 Å². The predicted molar refractivity (Wildman–Crippen MR) is 125 cm³/mol. The van der Waals surface area contributed by atoms with Crippen LogP contribution in [0.4, 0.5) is 14.8 Å². The van der Waals surface area contributed by atoms with E-state index in [4.69, 9.17) is 10.5 Å². The second-order valence-electron chi connectivity index (χ2n) is 7.15. The summed E-state index contributed by atoms with van der Waals surface area (Å²) < 4.78 is 5.17. The van der Waals surface area contributed by atoms with Crippen LogP contribution in [0.2, 0.25) is 0 Å². The first-order chi connectivity index (χ1) is 14.8. The molecule has 160 valence electrons. The summed E-state index contributed by atoms with van der Waals surface area (Å²) in [6.45, 7) is 5.45. The average Bonchev–Trinajstić information content (AvgIpc) is 3.38. The van der Waals surface area contributed by atoms with Crippen molar-refractivity contribution in [1.29, 1.82) is 0 Å². The van der Waals surface area contributed by atoms with Crippen molar-refractivity contribution in [3.8, 4) is 21.4 Å². The lowest BCUT2D eigenvalue weighted by atomic mass is 10.2. The van der Waals surface area contributed by atoms with Gasteiger partial charge in [-0.1, -0.05) is 34.8 Å². The van der Waals surface area contributed by atoms with Crippen LogP contribution in [0.5, 0.6) is 0 Å². The van der Waals surface area contributed by atoms with Gasteiger partial charge in [0.15, 0.2) is 0 Å². The third kappa shape index (κ3) is 7.12. The van der Waals surface area contributed by atoms with E-state index in [-0.39, 0.29) is 0 Å². The molecule has 4 aromatic rings. The van der Waals surface area contributed by atoms with Crippen molar-refractivity contribution >= 4 is 38.8 Å². The smallest absolute Gasteiger partial charge is 0.412 e. The number of carbonyl (C=O) groups is 1. The number of thiazole rings is 2. The topological polar surface area (TPSA) is 116 Å². The highest BCUT2D eigenvalue weighted by molar-refractivity contribution is 7.19. The fourth-order valence-corrected chi connectivity index (χ4v) is 3.68. The maximum Gasteiger partial charge on any atom is 0.412 e. The van der Waals surface area contributed by atoms with Gasteiger partial charge in [-0.3, -0.25) is 15.3 Å². The first-order valence-corrected chi connectivity index (χ1v) is 10.9. The Balaban J connectivity index is 0.000000194. The molecule has 4 aromatic heterocycles. The number of amides is 1. The number of pyridine rings is 2. The van der Waals surface area contributed by atoms with Crippen LogP contribution in [0.3, 0.4) is 0 Å². The van der Waals surface area contributed by atoms with Crippen LogP contribution < -0.4 is 11.1 Å². The summed E-state index contributed by atoms with van der Waals surface area (Å²) in [5, 5.41) is 5.63. The zero-order chi connectivity index (χ0) is 22.3. The molecular weight excluding hydrogens is 432 g/mol. The van der Waals surface area contributed by atoms with Gasteiger partial charge >= 0.3 is 6.09 Å². The molecule has 0 saturated carbocycles. The maximum atomic E-state index is 11.6. The molecule has 0 aliphatic rings. The van der Waals surface area contributed by atoms with Crippen molar-refractivity contribution in [3.63, 3.8) is 0 Å². The summed E-state index contributed by atoms with van der Waals surface area (Å²) in [5.74, 6) is 0. The number of nitrogens with zero attached hydrogens (tertiary/aromatic N) is 4. The number of rotatable bonds is 3. The van der Waals surface area contributed by atoms with Gasteiger partial charge in [0.1, 0.15) is 25.6 Å². The molecule has 4 heterocycles. The number of hydrogen-bond donors (Lipinski definition) is 2. The van der Waals surface area contributed by atoms with Crippen LogP contribution in [-0.2, 0) is 4.74 Å². The van der Waals surface area contributed by atoms with E-state index in [9.17, 15) is 4.79 Å². The van der Waals surface area contributed by atoms with E-state index in [0.717, 1.165) is 26.4 Å². The van der Waals surface area contributed by atoms with E-state index in [2.05, 4.69) is 25.3 Å². The maximum absolute atomic E-state index is 11.6. The molecule has 0 bridgehead atoms. The van der Waals surface area contributed by atoms with E-state index in [1.807, 2.05) is 57.2 Å². The highest BCUT2D eigenvalue weighted by atomic mass is 32.1. The summed E-state index contributed by atoms with van der Waals surface area (Å²) in [4.78, 5) is 28.3. The van der Waals surface area contributed by atoms with Crippen molar-refractivity contribution in [2.24, 2.45) is 0 Å². The Morgan fingerprint density at radius 2 is 1.48 bits per heavy atom. The molecule has 0 aromatic carbocycles. The quantitative estimate of drug-likeness (QED) is 0.429. The molecular formula is C21H22N6O2S2. The van der Waals surface area contributed by atoms with Gasteiger partial charge in [-0.15, -0.1) is 0 Å². The number of aromatic nitrogens is 4. The molecule has 31 heavy (non-hydrogen) atoms. The minimum Gasteiger partial charge on any atom is -0.444 e. The van der Waals surface area contributed by atoms with Crippen LogP contribution >= 0.6 is 22.7 Å². The molecule has 10 heteroatoms. The number of ether oxygens (including phenoxy) is 1. The zero-order valence-electron chi connectivity index (χ0n) is 17.3. The lowest BCUT2D eigenvalue weighted by molar-refractivity contribution is 0.0636. The summed E-state index contributed by atoms with van der Waals surface area (Å²) >= 11 is 2.80. The fourth-order valence-electron chi connectivity index (χ4n) is 2.24. The number of carbonyl (C=O) groups excluding carboxylic acids is 1. The van der Waals surface area contributed by atoms with Crippen molar-refractivity contribution in [2.45, 2.75) is 26.4 Å². The molecule has 0 unspecified atom stereocenters. The number of nitrogens with two attached hydrogens (primary N) is 1. The van der Waals surface area contributed by atoms with Crippen LogP contribution in [-0.4, -0.2) is 31.6 Å². The van der Waals surface area contributed by atoms with Gasteiger partial charge < -0.3 is 10.5 Å². The van der Waals surface area contributed by atoms with Gasteiger partial charge in [0.25, 0.3) is 0 Å². The first kappa shape index (κ1) is 22.3. The third-order valence-electron chi connectivity index (χ3n) is 3.42. The highest BCUT2D eigenvalue weighted by Gasteiger charge is 2.17. The Morgan fingerprint density at radius 1 is 0.903 bits per heavy atom. The molecule has 0 radical (unpaired) electrons. The van der Waals surface area contributed by atoms with Crippen molar-refractivity contribution in [2.75, 3.05) is 11.1 Å². The molecule has 4 rings (SSSR count). The van der Waals surface area contributed by atoms with Crippen molar-refractivity contribution in [1.82, 2.24) is 19.9 Å². The molecule has 0 aliphatic heterocycles. The second-order valence-corrected chi connectivity index (χ2v) is 9.25. The van der Waals surface area contributed by atoms with Crippen molar-refractivity contribution < 1.29 is 9.53 Å². The van der Waals surface area contributed by atoms with Crippen LogP contribution in [0, 0.1) is 0 Å². The van der Waals surface area contributed by atoms with E-state index in [0.29, 0.717) is 5.00 Å². The molecule has 0 aliphatic carbocycles. The standard InChI is InChI=1S/C13H15N3O2S.C8H7N3S/c1-13(2,3)18-12(17)16-10-8-15-11(19-10)9-6-4-5-7-14-9;9-7-5-11-8(12-7)6-3-1-2-4-10-6/h4-8H,1-3H3,(H,16,17);1-5H,9H2. The lowest BCUT2D eigenvalue weighted by Crippen LogP contribution is -2.26. The molecule has 0 saturated heterocycles. The molecule has 0 fully saturated rings. The SMILES string of the molecule is CC(C)(C)OC(=O)Nc1cnc(-c2ccccn2)s1.Nc1cnc(-c2ccccn2)s1. The average molecular weight is 455 g/mol.